The van der Waals surface area contributed by atoms with Crippen LogP contribution >= 0.6 is 0 Å². The zero-order chi connectivity index (χ0) is 22.2. The van der Waals surface area contributed by atoms with Gasteiger partial charge in [-0.15, -0.1) is 0 Å². The molecule has 4 aliphatic carbocycles. The van der Waals surface area contributed by atoms with Gasteiger partial charge in [-0.25, -0.2) is 4.21 Å². The number of rotatable bonds is 7. The fourth-order valence-corrected chi connectivity index (χ4v) is 8.99. The number of hydrogen-bond acceptors (Lipinski definition) is 3. The quantitative estimate of drug-likeness (QED) is 0.495. The first kappa shape index (κ1) is 23.7. The summed E-state index contributed by atoms with van der Waals surface area (Å²) in [6.07, 6.45) is 13.8. The Balaban J connectivity index is 1.35. The highest BCUT2D eigenvalue weighted by Gasteiger charge is 2.61. The predicted molar refractivity (Wildman–Crippen MR) is 124 cm³/mol. The third-order valence-electron chi connectivity index (χ3n) is 10.4. The average Bonchev–Trinajstić information content (AvgIpc) is 3.04. The topological polar surface area (TPSA) is 86.6 Å². The highest BCUT2D eigenvalue weighted by atomic mass is 32.2. The zero-order valence-corrected chi connectivity index (χ0v) is 20.3. The number of aliphatic hydroxyl groups is 1. The van der Waals surface area contributed by atoms with Crippen molar-refractivity contribution in [2.24, 2.45) is 40.4 Å². The molecule has 0 aromatic heterocycles. The summed E-state index contributed by atoms with van der Waals surface area (Å²) >= 11 is -1.85. The van der Waals surface area contributed by atoms with Crippen LogP contribution in [0.3, 0.4) is 0 Å². The molecule has 0 saturated heterocycles. The van der Waals surface area contributed by atoms with E-state index in [1.165, 1.54) is 51.4 Å². The van der Waals surface area contributed by atoms with Crippen molar-refractivity contribution in [2.45, 2.75) is 97.0 Å². The monoisotopic (exact) mass is 453 g/mol. The lowest BCUT2D eigenvalue weighted by Gasteiger charge is -2.62. The minimum atomic E-state index is -1.85. The van der Waals surface area contributed by atoms with Gasteiger partial charge in [0.25, 0.3) is 0 Å². The number of nitrogens with one attached hydrogen (secondary N) is 1. The molecule has 4 saturated carbocycles. The van der Waals surface area contributed by atoms with Crippen LogP contribution in [0.15, 0.2) is 0 Å². The Kier molecular flexibility index (Phi) is 7.20. The first-order valence-electron chi connectivity index (χ1n) is 12.8. The van der Waals surface area contributed by atoms with E-state index in [-0.39, 0.29) is 24.3 Å². The van der Waals surface area contributed by atoms with Gasteiger partial charge in [0.1, 0.15) is 0 Å². The zero-order valence-electron chi connectivity index (χ0n) is 19.5. The third-order valence-corrected chi connectivity index (χ3v) is 10.9. The van der Waals surface area contributed by atoms with E-state index in [1.54, 1.807) is 0 Å². The summed E-state index contributed by atoms with van der Waals surface area (Å²) in [6, 6.07) is 0. The van der Waals surface area contributed by atoms with Gasteiger partial charge < -0.3 is 15.0 Å². The molecule has 178 valence electrons. The normalized spacial score (nSPS) is 45.3. The second-order valence-electron chi connectivity index (χ2n) is 11.6. The van der Waals surface area contributed by atoms with Crippen LogP contribution in [0.25, 0.3) is 0 Å². The van der Waals surface area contributed by atoms with Crippen LogP contribution in [0.1, 0.15) is 90.9 Å². The summed E-state index contributed by atoms with van der Waals surface area (Å²) in [4.78, 5) is 12.0. The second-order valence-corrected chi connectivity index (χ2v) is 12.7. The number of carbonyl (C=O) groups is 1. The van der Waals surface area contributed by atoms with Gasteiger partial charge in [-0.3, -0.25) is 4.79 Å². The fraction of sp³-hybridized carbons (Fsp3) is 0.960. The van der Waals surface area contributed by atoms with Gasteiger partial charge >= 0.3 is 0 Å². The van der Waals surface area contributed by atoms with Gasteiger partial charge in [-0.05, 0) is 98.2 Å². The number of carbonyl (C=O) groups excluding carboxylic acids is 1. The molecular formula is C25H43NO4S. The van der Waals surface area contributed by atoms with E-state index in [0.717, 1.165) is 25.2 Å². The van der Waals surface area contributed by atoms with Crippen LogP contribution in [0, 0.1) is 40.4 Å². The van der Waals surface area contributed by atoms with Crippen molar-refractivity contribution in [3.05, 3.63) is 0 Å². The van der Waals surface area contributed by atoms with Crippen molar-refractivity contribution in [1.82, 2.24) is 5.32 Å². The lowest BCUT2D eigenvalue weighted by Crippen LogP contribution is -2.57. The molecule has 0 aromatic carbocycles. The summed E-state index contributed by atoms with van der Waals surface area (Å²) in [6.45, 7) is 5.32. The molecule has 0 radical (unpaired) electrons. The van der Waals surface area contributed by atoms with Gasteiger partial charge in [0, 0.05) is 13.0 Å². The second kappa shape index (κ2) is 9.42. The highest BCUT2D eigenvalue weighted by Crippen LogP contribution is 2.67. The van der Waals surface area contributed by atoms with Crippen LogP contribution in [0.5, 0.6) is 0 Å². The molecule has 8 unspecified atom stereocenters. The van der Waals surface area contributed by atoms with Crippen molar-refractivity contribution < 1.29 is 18.7 Å². The van der Waals surface area contributed by atoms with Crippen LogP contribution in [-0.2, 0) is 15.9 Å². The summed E-state index contributed by atoms with van der Waals surface area (Å²) in [5.74, 6) is 3.28. The largest absolute Gasteiger partial charge is 0.393 e. The molecule has 0 aliphatic heterocycles. The third kappa shape index (κ3) is 4.50. The van der Waals surface area contributed by atoms with Crippen LogP contribution in [-0.4, -0.2) is 38.2 Å². The Labute approximate surface area is 190 Å². The molecule has 3 N–H and O–H groups in total. The standard InChI is InChI=1S/C25H43NO4S/c1-24-12-4-3-6-18(24)16-21(27)23-19-10-9-17(25(19,2)13-11-20(23)24)7-5-8-22(28)26-14-15-31(29)30/h17-21,23,27H,3-16H2,1-2H3,(H,26,28)(H,29,30)/t17-,18?,19?,20?,21?,23?,24?,25?/m0/s1. The summed E-state index contributed by atoms with van der Waals surface area (Å²) in [5, 5.41) is 14.0. The number of hydrogen-bond donors (Lipinski definition) is 3. The smallest absolute Gasteiger partial charge is 0.220 e. The molecule has 4 fully saturated rings. The van der Waals surface area contributed by atoms with Crippen molar-refractivity contribution in [2.75, 3.05) is 12.3 Å². The highest BCUT2D eigenvalue weighted by molar-refractivity contribution is 7.79. The summed E-state index contributed by atoms with van der Waals surface area (Å²) in [7, 11) is 0. The van der Waals surface area contributed by atoms with Gasteiger partial charge in [0.05, 0.1) is 11.9 Å². The molecule has 4 rings (SSSR count). The summed E-state index contributed by atoms with van der Waals surface area (Å²) < 4.78 is 19.5. The first-order chi connectivity index (χ1) is 14.8. The Morgan fingerprint density at radius 2 is 1.84 bits per heavy atom. The Bertz CT molecular complexity index is 686. The fourth-order valence-electron chi connectivity index (χ4n) is 8.71. The van der Waals surface area contributed by atoms with E-state index in [1.807, 2.05) is 0 Å². The van der Waals surface area contributed by atoms with Crippen LogP contribution < -0.4 is 5.32 Å². The summed E-state index contributed by atoms with van der Waals surface area (Å²) in [5.41, 5.74) is 0.752. The van der Waals surface area contributed by atoms with Gasteiger partial charge in [-0.1, -0.05) is 26.7 Å². The van der Waals surface area contributed by atoms with E-state index >= 15 is 0 Å². The first-order valence-corrected chi connectivity index (χ1v) is 14.1. The molecule has 6 heteroatoms. The SMILES string of the molecule is CC12CCCCC1CC(O)C1C2CCC2(C)C1CC[C@@H]2CCCC(=O)NCCS(=O)O. The number of aliphatic hydroxyl groups excluding tert-OH is 1. The molecular weight excluding hydrogens is 410 g/mol. The molecule has 31 heavy (non-hydrogen) atoms. The average molecular weight is 454 g/mol. The minimum Gasteiger partial charge on any atom is -0.393 e. The Morgan fingerprint density at radius 1 is 1.06 bits per heavy atom. The number of fused-ring (bicyclic) bond motifs is 5. The maximum absolute atomic E-state index is 12.0. The van der Waals surface area contributed by atoms with E-state index in [9.17, 15) is 14.1 Å². The molecule has 1 amide bonds. The van der Waals surface area contributed by atoms with Crippen LogP contribution in [0.2, 0.25) is 0 Å². The van der Waals surface area contributed by atoms with Crippen molar-refractivity contribution in [3.63, 3.8) is 0 Å². The maximum atomic E-state index is 12.0. The number of amides is 1. The van der Waals surface area contributed by atoms with Crippen molar-refractivity contribution >= 4 is 17.0 Å². The molecule has 0 aromatic rings. The molecule has 4 aliphatic rings. The van der Waals surface area contributed by atoms with E-state index in [2.05, 4.69) is 19.2 Å². The Morgan fingerprint density at radius 3 is 2.61 bits per heavy atom. The molecule has 0 heterocycles. The van der Waals surface area contributed by atoms with Crippen molar-refractivity contribution in [3.8, 4) is 0 Å². The lowest BCUT2D eigenvalue weighted by atomic mass is 9.44. The predicted octanol–water partition coefficient (Wildman–Crippen LogP) is 4.51. The molecule has 9 atom stereocenters. The van der Waals surface area contributed by atoms with Crippen LogP contribution in [0.4, 0.5) is 0 Å². The van der Waals surface area contributed by atoms with E-state index < -0.39 is 11.1 Å². The van der Waals surface area contributed by atoms with Gasteiger partial charge in [0.15, 0.2) is 11.1 Å². The van der Waals surface area contributed by atoms with Crippen molar-refractivity contribution in [1.29, 1.82) is 0 Å². The van der Waals surface area contributed by atoms with E-state index in [4.69, 9.17) is 4.55 Å². The minimum absolute atomic E-state index is 0.00664. The van der Waals surface area contributed by atoms with E-state index in [0.29, 0.717) is 40.9 Å². The molecule has 0 bridgehead atoms. The maximum Gasteiger partial charge on any atom is 0.220 e. The molecule has 0 spiro atoms. The lowest BCUT2D eigenvalue weighted by molar-refractivity contribution is -0.162. The van der Waals surface area contributed by atoms with Gasteiger partial charge in [-0.2, -0.15) is 0 Å². The van der Waals surface area contributed by atoms with Gasteiger partial charge in [0.2, 0.25) is 5.91 Å². The Hall–Kier alpha value is -0.460. The molecule has 5 nitrogen and oxygen atoms in total.